The molecule has 0 heterocycles. The van der Waals surface area contributed by atoms with Crippen LogP contribution in [0.3, 0.4) is 0 Å². The summed E-state index contributed by atoms with van der Waals surface area (Å²) in [5.74, 6) is -0.0441. The van der Waals surface area contributed by atoms with Crippen molar-refractivity contribution in [3.63, 3.8) is 0 Å². The van der Waals surface area contributed by atoms with E-state index in [0.29, 0.717) is 18.9 Å². The Hall–Kier alpha value is -0.620. The highest BCUT2D eigenvalue weighted by Gasteiger charge is 2.40. The van der Waals surface area contributed by atoms with Crippen LogP contribution in [0.15, 0.2) is 0 Å². The maximum absolute atomic E-state index is 12.1. The Labute approximate surface area is 111 Å². The van der Waals surface area contributed by atoms with E-state index >= 15 is 0 Å². The molecule has 0 aliphatic heterocycles. The lowest BCUT2D eigenvalue weighted by Gasteiger charge is -2.29. The van der Waals surface area contributed by atoms with Gasteiger partial charge >= 0.3 is 0 Å². The molecule has 0 aromatic carbocycles. The normalized spacial score (nSPS) is 14.7. The Morgan fingerprint density at radius 1 is 1.33 bits per heavy atom. The Balaban J connectivity index is 4.63. The van der Waals surface area contributed by atoms with Crippen LogP contribution in [0.25, 0.3) is 0 Å². The summed E-state index contributed by atoms with van der Waals surface area (Å²) < 4.78 is 21.8. The van der Waals surface area contributed by atoms with Crippen LogP contribution in [0.2, 0.25) is 0 Å². The van der Waals surface area contributed by atoms with Gasteiger partial charge in [0.2, 0.25) is 5.91 Å². The summed E-state index contributed by atoms with van der Waals surface area (Å²) in [5.41, 5.74) is 5.90. The topological polar surface area (TPSA) is 80.5 Å². The first-order valence-electron chi connectivity index (χ1n) is 6.12. The van der Waals surface area contributed by atoms with Gasteiger partial charge in [-0.25, -0.2) is 8.42 Å². The number of nitrogens with zero attached hydrogens (tertiary/aromatic N) is 1. The lowest BCUT2D eigenvalue weighted by Crippen LogP contribution is -2.49. The second-order valence-electron chi connectivity index (χ2n) is 5.71. The van der Waals surface area contributed by atoms with E-state index < -0.39 is 14.6 Å². The van der Waals surface area contributed by atoms with Crippen LogP contribution in [0, 0.1) is 5.92 Å². The Bertz CT molecular complexity index is 388. The van der Waals surface area contributed by atoms with E-state index in [9.17, 15) is 13.2 Å². The predicted octanol–water partition coefficient (Wildman–Crippen LogP) is 0.641. The summed E-state index contributed by atoms with van der Waals surface area (Å²) >= 11 is 0. The zero-order chi connectivity index (χ0) is 14.7. The van der Waals surface area contributed by atoms with E-state index in [1.807, 2.05) is 13.8 Å². The van der Waals surface area contributed by atoms with Crippen molar-refractivity contribution in [2.45, 2.75) is 44.9 Å². The summed E-state index contributed by atoms with van der Waals surface area (Å²) in [5, 5.41) is 0. The fraction of sp³-hybridized carbons (Fsp3) is 0.917. The minimum Gasteiger partial charge on any atom is -0.344 e. The number of hydrogen-bond acceptors (Lipinski definition) is 4. The predicted molar refractivity (Wildman–Crippen MR) is 74.0 cm³/mol. The molecule has 1 atom stereocenters. The van der Waals surface area contributed by atoms with Crippen LogP contribution < -0.4 is 5.73 Å². The summed E-state index contributed by atoms with van der Waals surface area (Å²) in [6.07, 6.45) is 1.75. The van der Waals surface area contributed by atoms with Gasteiger partial charge in [-0.3, -0.25) is 4.79 Å². The quantitative estimate of drug-likeness (QED) is 0.773. The molecule has 0 aromatic heterocycles. The SMILES string of the molecule is CC(C)C(N)CCN(C)C(=O)C(C)(C)S(C)(=O)=O. The zero-order valence-electron chi connectivity index (χ0n) is 12.2. The molecule has 0 spiro atoms. The zero-order valence-corrected chi connectivity index (χ0v) is 13.0. The molecule has 0 saturated heterocycles. The van der Waals surface area contributed by atoms with Crippen molar-refractivity contribution in [1.82, 2.24) is 4.90 Å². The molecular weight excluding hydrogens is 252 g/mol. The molecule has 0 rings (SSSR count). The second kappa shape index (κ2) is 6.02. The van der Waals surface area contributed by atoms with Gasteiger partial charge in [0.15, 0.2) is 9.84 Å². The Kier molecular flexibility index (Phi) is 5.81. The van der Waals surface area contributed by atoms with E-state index in [0.717, 1.165) is 6.26 Å². The number of hydrogen-bond donors (Lipinski definition) is 1. The third-order valence-electron chi connectivity index (χ3n) is 3.44. The number of rotatable bonds is 6. The molecule has 6 heteroatoms. The number of sulfone groups is 1. The maximum Gasteiger partial charge on any atom is 0.243 e. The van der Waals surface area contributed by atoms with Crippen molar-refractivity contribution in [1.29, 1.82) is 0 Å². The van der Waals surface area contributed by atoms with Crippen molar-refractivity contribution in [2.24, 2.45) is 11.7 Å². The van der Waals surface area contributed by atoms with E-state index in [1.54, 1.807) is 7.05 Å². The van der Waals surface area contributed by atoms with Crippen LogP contribution in [-0.4, -0.2) is 49.9 Å². The lowest BCUT2D eigenvalue weighted by atomic mass is 10.0. The maximum atomic E-state index is 12.1. The molecule has 0 radical (unpaired) electrons. The molecule has 108 valence electrons. The van der Waals surface area contributed by atoms with Crippen LogP contribution in [-0.2, 0) is 14.6 Å². The van der Waals surface area contributed by atoms with Crippen molar-refractivity contribution in [3.8, 4) is 0 Å². The van der Waals surface area contributed by atoms with Gasteiger partial charge in [0.05, 0.1) is 0 Å². The molecule has 2 N–H and O–H groups in total. The molecule has 0 bridgehead atoms. The Morgan fingerprint density at radius 3 is 2.11 bits per heavy atom. The minimum absolute atomic E-state index is 0.0154. The first-order chi connectivity index (χ1) is 7.91. The fourth-order valence-electron chi connectivity index (χ4n) is 1.40. The highest BCUT2D eigenvalue weighted by Crippen LogP contribution is 2.18. The van der Waals surface area contributed by atoms with E-state index in [-0.39, 0.29) is 11.9 Å². The summed E-state index contributed by atoms with van der Waals surface area (Å²) in [4.78, 5) is 13.5. The second-order valence-corrected chi connectivity index (χ2v) is 8.27. The third-order valence-corrected chi connectivity index (χ3v) is 5.47. The van der Waals surface area contributed by atoms with Gasteiger partial charge < -0.3 is 10.6 Å². The van der Waals surface area contributed by atoms with Gasteiger partial charge in [0, 0.05) is 25.9 Å². The number of nitrogens with two attached hydrogens (primary N) is 1. The van der Waals surface area contributed by atoms with Crippen molar-refractivity contribution in [3.05, 3.63) is 0 Å². The highest BCUT2D eigenvalue weighted by atomic mass is 32.2. The molecule has 0 aromatic rings. The molecule has 5 nitrogen and oxygen atoms in total. The van der Waals surface area contributed by atoms with Crippen molar-refractivity contribution >= 4 is 15.7 Å². The van der Waals surface area contributed by atoms with Crippen molar-refractivity contribution in [2.75, 3.05) is 19.8 Å². The molecular formula is C12H26N2O3S. The number of amides is 1. The number of carbonyl (C=O) groups excluding carboxylic acids is 1. The number of carbonyl (C=O) groups is 1. The van der Waals surface area contributed by atoms with E-state index in [2.05, 4.69) is 0 Å². The van der Waals surface area contributed by atoms with E-state index in [4.69, 9.17) is 5.73 Å². The smallest absolute Gasteiger partial charge is 0.243 e. The van der Waals surface area contributed by atoms with Gasteiger partial charge in [0.25, 0.3) is 0 Å². The molecule has 0 saturated carbocycles. The highest BCUT2D eigenvalue weighted by molar-refractivity contribution is 7.92. The van der Waals surface area contributed by atoms with Crippen LogP contribution in [0.1, 0.15) is 34.1 Å². The average molecular weight is 278 g/mol. The Morgan fingerprint density at radius 2 is 1.78 bits per heavy atom. The van der Waals surface area contributed by atoms with Crippen LogP contribution in [0.5, 0.6) is 0 Å². The van der Waals surface area contributed by atoms with Gasteiger partial charge in [-0.1, -0.05) is 13.8 Å². The first-order valence-corrected chi connectivity index (χ1v) is 8.01. The monoisotopic (exact) mass is 278 g/mol. The summed E-state index contributed by atoms with van der Waals surface area (Å²) in [7, 11) is -1.81. The standard InChI is InChI=1S/C12H26N2O3S/c1-9(2)10(13)7-8-14(5)11(15)12(3,4)18(6,16)17/h9-10H,7-8,13H2,1-6H3. The summed E-state index contributed by atoms with van der Waals surface area (Å²) in [6, 6.07) is 0.0154. The molecule has 1 unspecified atom stereocenters. The minimum atomic E-state index is -3.42. The molecule has 0 aliphatic rings. The van der Waals surface area contributed by atoms with Crippen molar-refractivity contribution < 1.29 is 13.2 Å². The summed E-state index contributed by atoms with van der Waals surface area (Å²) in [6.45, 7) is 7.38. The fourth-order valence-corrected chi connectivity index (χ4v) is 1.87. The van der Waals surface area contributed by atoms with E-state index in [1.165, 1.54) is 18.7 Å². The largest absolute Gasteiger partial charge is 0.344 e. The first kappa shape index (κ1) is 17.4. The molecule has 0 fully saturated rings. The molecule has 1 amide bonds. The average Bonchev–Trinajstić information content (AvgIpc) is 2.22. The van der Waals surface area contributed by atoms with Gasteiger partial charge in [0.1, 0.15) is 4.75 Å². The van der Waals surface area contributed by atoms with Crippen LogP contribution >= 0.6 is 0 Å². The molecule has 0 aliphatic carbocycles. The van der Waals surface area contributed by atoms with Gasteiger partial charge in [-0.2, -0.15) is 0 Å². The van der Waals surface area contributed by atoms with Crippen LogP contribution in [0.4, 0.5) is 0 Å². The lowest BCUT2D eigenvalue weighted by molar-refractivity contribution is -0.131. The third kappa shape index (κ3) is 4.24. The molecule has 18 heavy (non-hydrogen) atoms. The van der Waals surface area contributed by atoms with Gasteiger partial charge in [-0.05, 0) is 26.2 Å². The van der Waals surface area contributed by atoms with Gasteiger partial charge in [-0.15, -0.1) is 0 Å².